The predicted octanol–water partition coefficient (Wildman–Crippen LogP) is 1.78. The van der Waals surface area contributed by atoms with Gasteiger partial charge in [0.1, 0.15) is 0 Å². The molecule has 0 radical (unpaired) electrons. The number of esters is 1. The Morgan fingerprint density at radius 1 is 1.58 bits per heavy atom. The van der Waals surface area contributed by atoms with Gasteiger partial charge in [-0.15, -0.1) is 24.0 Å². The highest BCUT2D eigenvalue weighted by Crippen LogP contribution is 2.20. The molecular weight excluding hydrogens is 452 g/mol. The average Bonchev–Trinajstić information content (AvgIpc) is 3.07. The molecule has 9 heteroatoms. The van der Waals surface area contributed by atoms with Crippen molar-refractivity contribution in [3.05, 3.63) is 24.1 Å². The lowest BCUT2D eigenvalue weighted by Gasteiger charge is -2.20. The number of ether oxygens (including phenoxy) is 1. The molecule has 26 heavy (non-hydrogen) atoms. The first-order chi connectivity index (χ1) is 12.0. The summed E-state index contributed by atoms with van der Waals surface area (Å²) in [5.41, 5.74) is 0. The van der Waals surface area contributed by atoms with Crippen LogP contribution in [0.3, 0.4) is 0 Å². The molecule has 1 aromatic heterocycles. The lowest BCUT2D eigenvalue weighted by atomic mass is 10.2. The summed E-state index contributed by atoms with van der Waals surface area (Å²) in [5.74, 6) is 0.135. The topological polar surface area (TPSA) is 78.8 Å². The molecule has 1 aliphatic rings. The second kappa shape index (κ2) is 11.1. The number of carbonyl (C=O) groups excluding carboxylic acids is 1. The molecule has 2 N–H and O–H groups in total. The molecule has 7 nitrogen and oxygen atoms in total. The number of halogens is 2. The van der Waals surface area contributed by atoms with Crippen molar-refractivity contribution in [1.82, 2.24) is 15.6 Å². The second-order valence-corrected chi connectivity index (χ2v) is 6.03. The molecule has 0 aromatic carbocycles. The minimum atomic E-state index is -0.310. The highest BCUT2D eigenvalue weighted by molar-refractivity contribution is 14.0. The minimum absolute atomic E-state index is 0. The molecule has 0 saturated carbocycles. The van der Waals surface area contributed by atoms with Crippen LogP contribution < -0.4 is 15.5 Å². The van der Waals surface area contributed by atoms with Gasteiger partial charge in [-0.3, -0.25) is 9.79 Å². The number of anilines is 1. The molecule has 2 atom stereocenters. The largest absolute Gasteiger partial charge is 0.469 e. The third kappa shape index (κ3) is 6.26. The van der Waals surface area contributed by atoms with Crippen LogP contribution >= 0.6 is 24.0 Å². The fourth-order valence-corrected chi connectivity index (χ4v) is 2.70. The molecule has 0 aliphatic carbocycles. The van der Waals surface area contributed by atoms with Gasteiger partial charge in [-0.1, -0.05) is 6.92 Å². The highest BCUT2D eigenvalue weighted by Gasteiger charge is 2.26. The van der Waals surface area contributed by atoms with Gasteiger partial charge < -0.3 is 20.3 Å². The molecule has 2 unspecified atom stereocenters. The Morgan fingerprint density at radius 2 is 2.35 bits per heavy atom. The zero-order valence-electron chi connectivity index (χ0n) is 15.4. The van der Waals surface area contributed by atoms with E-state index >= 15 is 0 Å². The van der Waals surface area contributed by atoms with Crippen molar-refractivity contribution in [2.75, 3.05) is 38.2 Å². The number of aliphatic imine (C=N–C) groups is 1. The fourth-order valence-electron chi connectivity index (χ4n) is 2.70. The summed E-state index contributed by atoms with van der Waals surface area (Å²) < 4.78 is 18.6. The Labute approximate surface area is 170 Å². The monoisotopic (exact) mass is 479 g/mol. The number of nitrogens with one attached hydrogen (secondary N) is 2. The Morgan fingerprint density at radius 3 is 3.00 bits per heavy atom. The fraction of sp³-hybridized carbons (Fsp3) is 0.588. The maximum absolute atomic E-state index is 13.9. The normalized spacial score (nSPS) is 18.1. The van der Waals surface area contributed by atoms with E-state index in [-0.39, 0.29) is 47.7 Å². The van der Waals surface area contributed by atoms with E-state index in [4.69, 9.17) is 4.74 Å². The van der Waals surface area contributed by atoms with E-state index in [1.807, 2.05) is 11.8 Å². The van der Waals surface area contributed by atoms with Crippen LogP contribution in [0.4, 0.5) is 10.2 Å². The van der Waals surface area contributed by atoms with Crippen molar-refractivity contribution in [2.45, 2.75) is 26.3 Å². The van der Waals surface area contributed by atoms with Crippen LogP contribution in [-0.4, -0.2) is 56.2 Å². The first kappa shape index (κ1) is 22.4. The van der Waals surface area contributed by atoms with E-state index in [0.29, 0.717) is 31.4 Å². The number of hydrogen-bond acceptors (Lipinski definition) is 5. The molecule has 2 heterocycles. The van der Waals surface area contributed by atoms with Gasteiger partial charge in [-0.25, -0.2) is 9.37 Å². The Balaban J connectivity index is 0.00000338. The Kier molecular flexibility index (Phi) is 9.60. The third-order valence-electron chi connectivity index (χ3n) is 4.04. The Bertz CT molecular complexity index is 617. The SMILES string of the molecule is CCNC(=NCC(C)C(=O)OC)NC1CCN(c2ncccc2F)C1.I. The summed E-state index contributed by atoms with van der Waals surface area (Å²) in [6, 6.07) is 3.14. The van der Waals surface area contributed by atoms with Crippen molar-refractivity contribution in [3.63, 3.8) is 0 Å². The van der Waals surface area contributed by atoms with Gasteiger partial charge in [0.15, 0.2) is 17.6 Å². The van der Waals surface area contributed by atoms with Crippen LogP contribution in [0.15, 0.2) is 23.3 Å². The first-order valence-electron chi connectivity index (χ1n) is 8.53. The second-order valence-electron chi connectivity index (χ2n) is 6.03. The van der Waals surface area contributed by atoms with Crippen LogP contribution in [0.2, 0.25) is 0 Å². The predicted molar refractivity (Wildman–Crippen MR) is 111 cm³/mol. The number of pyridine rings is 1. The minimum Gasteiger partial charge on any atom is -0.469 e. The maximum Gasteiger partial charge on any atom is 0.310 e. The summed E-state index contributed by atoms with van der Waals surface area (Å²) in [7, 11) is 1.37. The first-order valence-corrected chi connectivity index (χ1v) is 8.53. The van der Waals surface area contributed by atoms with Crippen LogP contribution in [0.25, 0.3) is 0 Å². The molecule has 0 bridgehead atoms. The summed E-state index contributed by atoms with van der Waals surface area (Å²) >= 11 is 0. The lowest BCUT2D eigenvalue weighted by Crippen LogP contribution is -2.45. The van der Waals surface area contributed by atoms with Crippen LogP contribution in [0.1, 0.15) is 20.3 Å². The number of aromatic nitrogens is 1. The van der Waals surface area contributed by atoms with Crippen molar-refractivity contribution in [2.24, 2.45) is 10.9 Å². The number of rotatable bonds is 6. The zero-order chi connectivity index (χ0) is 18.2. The third-order valence-corrected chi connectivity index (χ3v) is 4.04. The molecule has 1 fully saturated rings. The maximum atomic E-state index is 13.9. The van der Waals surface area contributed by atoms with Crippen molar-refractivity contribution in [1.29, 1.82) is 0 Å². The zero-order valence-corrected chi connectivity index (χ0v) is 17.7. The van der Waals surface area contributed by atoms with Crippen LogP contribution in [0.5, 0.6) is 0 Å². The molecular formula is C17H27FIN5O2. The highest BCUT2D eigenvalue weighted by atomic mass is 127. The van der Waals surface area contributed by atoms with E-state index in [1.165, 1.54) is 13.2 Å². The number of carbonyl (C=O) groups is 1. The van der Waals surface area contributed by atoms with Crippen LogP contribution in [-0.2, 0) is 9.53 Å². The van der Waals surface area contributed by atoms with Gasteiger partial charge in [0.05, 0.1) is 19.6 Å². The van der Waals surface area contributed by atoms with Crippen molar-refractivity contribution < 1.29 is 13.9 Å². The molecule has 0 spiro atoms. The van der Waals surface area contributed by atoms with Gasteiger partial charge in [0, 0.05) is 31.9 Å². The van der Waals surface area contributed by atoms with E-state index in [0.717, 1.165) is 13.0 Å². The van der Waals surface area contributed by atoms with Gasteiger partial charge in [0.2, 0.25) is 0 Å². The van der Waals surface area contributed by atoms with Crippen molar-refractivity contribution >= 4 is 41.7 Å². The summed E-state index contributed by atoms with van der Waals surface area (Å²) in [4.78, 5) is 22.0. The molecule has 2 rings (SSSR count). The summed E-state index contributed by atoms with van der Waals surface area (Å²) in [5, 5.41) is 6.51. The van der Waals surface area contributed by atoms with E-state index in [9.17, 15) is 9.18 Å². The van der Waals surface area contributed by atoms with E-state index in [2.05, 4.69) is 20.6 Å². The van der Waals surface area contributed by atoms with Gasteiger partial charge in [-0.05, 0) is 25.5 Å². The average molecular weight is 479 g/mol. The molecule has 1 aromatic rings. The summed E-state index contributed by atoms with van der Waals surface area (Å²) in [6.07, 6.45) is 2.45. The van der Waals surface area contributed by atoms with Gasteiger partial charge >= 0.3 is 5.97 Å². The van der Waals surface area contributed by atoms with Gasteiger partial charge in [-0.2, -0.15) is 0 Å². The molecule has 1 saturated heterocycles. The number of hydrogen-bond donors (Lipinski definition) is 2. The number of guanidine groups is 1. The molecule has 0 amide bonds. The van der Waals surface area contributed by atoms with Crippen LogP contribution in [0, 0.1) is 11.7 Å². The van der Waals surface area contributed by atoms with Crippen molar-refractivity contribution in [3.8, 4) is 0 Å². The lowest BCUT2D eigenvalue weighted by molar-refractivity contribution is -0.144. The quantitative estimate of drug-likeness (QED) is 0.281. The number of nitrogens with zero attached hydrogens (tertiary/aromatic N) is 3. The molecule has 1 aliphatic heterocycles. The smallest absolute Gasteiger partial charge is 0.310 e. The standard InChI is InChI=1S/C17H26FN5O2.HI/c1-4-19-17(21-10-12(2)16(24)25-3)22-13-7-9-23(11-13)15-14(18)6-5-8-20-15;/h5-6,8,12-13H,4,7,9-11H2,1-3H3,(H2,19,21,22);1H. The van der Waals surface area contributed by atoms with Gasteiger partial charge in [0.25, 0.3) is 0 Å². The van der Waals surface area contributed by atoms with E-state index in [1.54, 1.807) is 19.2 Å². The Hall–Kier alpha value is -1.65. The van der Waals surface area contributed by atoms with E-state index < -0.39 is 0 Å². The molecule has 146 valence electrons. The number of methoxy groups -OCH3 is 1. The summed E-state index contributed by atoms with van der Waals surface area (Å²) in [6.45, 7) is 6.18.